The zero-order valence-electron chi connectivity index (χ0n) is 15.4. The number of nitrogens with two attached hydrogens (primary N) is 2. The van der Waals surface area contributed by atoms with Crippen LogP contribution in [-0.4, -0.2) is 29.0 Å². The minimum absolute atomic E-state index is 0.0397. The molecule has 7 nitrogen and oxygen atoms in total. The molecule has 2 aromatic carbocycles. The van der Waals surface area contributed by atoms with Gasteiger partial charge in [-0.1, -0.05) is 30.3 Å². The van der Waals surface area contributed by atoms with Gasteiger partial charge in [-0.2, -0.15) is 4.99 Å². The molecule has 0 spiro atoms. The second kappa shape index (κ2) is 8.95. The largest absolute Gasteiger partial charge is 0.480 e. The van der Waals surface area contributed by atoms with Gasteiger partial charge in [-0.05, 0) is 54.7 Å². The Bertz CT molecular complexity index is 860. The summed E-state index contributed by atoms with van der Waals surface area (Å²) in [6.07, 6.45) is 0.187. The number of rotatable bonds is 6. The fraction of sp³-hybridized carbons (Fsp3) is 0.250. The number of aliphatic imine (C=N–C) groups is 1. The zero-order chi connectivity index (χ0) is 20.0. The Morgan fingerprint density at radius 1 is 1.15 bits per heavy atom. The molecule has 0 aliphatic rings. The number of amides is 1. The van der Waals surface area contributed by atoms with E-state index in [-0.39, 0.29) is 12.4 Å². The van der Waals surface area contributed by atoms with Gasteiger partial charge < -0.3 is 21.9 Å². The lowest BCUT2D eigenvalue weighted by Gasteiger charge is -2.10. The molecule has 0 saturated heterocycles. The van der Waals surface area contributed by atoms with E-state index in [4.69, 9.17) is 16.6 Å². The molecule has 0 fully saturated rings. The van der Waals surface area contributed by atoms with Crippen LogP contribution in [0.4, 0.5) is 0 Å². The van der Waals surface area contributed by atoms with Crippen molar-refractivity contribution in [2.24, 2.45) is 16.5 Å². The van der Waals surface area contributed by atoms with Crippen molar-refractivity contribution in [3.8, 4) is 0 Å². The number of carboxylic acids is 1. The monoisotopic (exact) mass is 368 g/mol. The first-order valence-electron chi connectivity index (χ1n) is 8.52. The number of benzene rings is 2. The molecule has 7 heteroatoms. The molecule has 0 bridgehead atoms. The lowest BCUT2D eigenvalue weighted by Crippen LogP contribution is -2.32. The zero-order valence-corrected chi connectivity index (χ0v) is 15.4. The fourth-order valence-electron chi connectivity index (χ4n) is 2.53. The Balaban J connectivity index is 1.98. The van der Waals surface area contributed by atoms with Crippen LogP contribution in [0.3, 0.4) is 0 Å². The van der Waals surface area contributed by atoms with Crippen molar-refractivity contribution in [3.05, 3.63) is 70.3 Å². The van der Waals surface area contributed by atoms with Crippen LogP contribution in [0, 0.1) is 13.8 Å². The predicted molar refractivity (Wildman–Crippen MR) is 104 cm³/mol. The van der Waals surface area contributed by atoms with Crippen molar-refractivity contribution in [1.82, 2.24) is 5.32 Å². The number of hydrogen-bond donors (Lipinski definition) is 4. The van der Waals surface area contributed by atoms with Gasteiger partial charge in [0.2, 0.25) is 0 Å². The van der Waals surface area contributed by atoms with Gasteiger partial charge >= 0.3 is 5.97 Å². The van der Waals surface area contributed by atoms with Gasteiger partial charge in [0.15, 0.2) is 5.96 Å². The molecule has 0 saturated carbocycles. The van der Waals surface area contributed by atoms with E-state index in [1.807, 2.05) is 32.0 Å². The van der Waals surface area contributed by atoms with Crippen molar-refractivity contribution in [3.63, 3.8) is 0 Å². The van der Waals surface area contributed by atoms with E-state index in [0.29, 0.717) is 12.1 Å². The summed E-state index contributed by atoms with van der Waals surface area (Å²) in [5, 5.41) is 11.8. The summed E-state index contributed by atoms with van der Waals surface area (Å²) in [7, 11) is 0. The molecule has 2 rings (SSSR count). The highest BCUT2D eigenvalue weighted by molar-refractivity contribution is 6.02. The maximum Gasteiger partial charge on any atom is 0.320 e. The van der Waals surface area contributed by atoms with Gasteiger partial charge in [-0.3, -0.25) is 9.59 Å². The molecule has 0 aliphatic heterocycles. The molecular weight excluding hydrogens is 344 g/mol. The first-order chi connectivity index (χ1) is 12.8. The number of hydrogen-bond acceptors (Lipinski definition) is 3. The molecule has 0 radical (unpaired) electrons. The Kier molecular flexibility index (Phi) is 6.67. The van der Waals surface area contributed by atoms with E-state index < -0.39 is 17.9 Å². The number of nitrogens with zero attached hydrogens (tertiary/aromatic N) is 1. The maximum absolute atomic E-state index is 12.2. The highest BCUT2D eigenvalue weighted by Crippen LogP contribution is 2.12. The normalized spacial score (nSPS) is 12.5. The molecule has 1 amide bonds. The lowest BCUT2D eigenvalue weighted by molar-refractivity contribution is -0.138. The van der Waals surface area contributed by atoms with E-state index >= 15 is 0 Å². The van der Waals surface area contributed by atoms with Crippen LogP contribution in [0.15, 0.2) is 47.5 Å². The second-order valence-electron chi connectivity index (χ2n) is 6.36. The van der Waals surface area contributed by atoms with Crippen molar-refractivity contribution in [2.45, 2.75) is 32.9 Å². The van der Waals surface area contributed by atoms with Crippen molar-refractivity contribution in [2.75, 3.05) is 0 Å². The van der Waals surface area contributed by atoms with Gasteiger partial charge in [0.25, 0.3) is 5.91 Å². The van der Waals surface area contributed by atoms with E-state index in [2.05, 4.69) is 10.3 Å². The third-order valence-electron chi connectivity index (χ3n) is 4.37. The summed E-state index contributed by atoms with van der Waals surface area (Å²) in [6, 6.07) is 11.5. The van der Waals surface area contributed by atoms with E-state index in [0.717, 1.165) is 11.1 Å². The van der Waals surface area contributed by atoms with Crippen LogP contribution < -0.4 is 16.8 Å². The Morgan fingerprint density at radius 2 is 1.81 bits per heavy atom. The number of carbonyl (C=O) groups is 2. The smallest absolute Gasteiger partial charge is 0.320 e. The second-order valence-corrected chi connectivity index (χ2v) is 6.36. The van der Waals surface area contributed by atoms with Gasteiger partial charge in [0.05, 0.1) is 0 Å². The molecule has 0 aromatic heterocycles. The molecule has 27 heavy (non-hydrogen) atoms. The molecule has 1 atom stereocenters. The SMILES string of the molecule is Cc1cccc(CN/C(N)=N/C(=O)c2ccc(C[C@H](N)C(=O)O)cc2)c1C. The van der Waals surface area contributed by atoms with Crippen LogP contribution in [0.25, 0.3) is 0 Å². The Hall–Kier alpha value is -3.19. The third-order valence-corrected chi connectivity index (χ3v) is 4.37. The van der Waals surface area contributed by atoms with Crippen molar-refractivity contribution >= 4 is 17.8 Å². The van der Waals surface area contributed by atoms with Crippen LogP contribution in [-0.2, 0) is 17.8 Å². The standard InChI is InChI=1S/C20H24N4O3/c1-12-4-3-5-16(13(12)2)11-23-20(22)24-18(25)15-8-6-14(7-9-15)10-17(21)19(26)27/h3-9,17H,10-11,21H2,1-2H3,(H,26,27)(H3,22,23,24,25)/t17-/m0/s1. The van der Waals surface area contributed by atoms with Crippen molar-refractivity contribution in [1.29, 1.82) is 0 Å². The van der Waals surface area contributed by atoms with E-state index in [9.17, 15) is 9.59 Å². The summed E-state index contributed by atoms with van der Waals surface area (Å²) >= 11 is 0. The highest BCUT2D eigenvalue weighted by Gasteiger charge is 2.12. The van der Waals surface area contributed by atoms with Gasteiger partial charge in [0, 0.05) is 12.1 Å². The minimum atomic E-state index is -1.07. The number of guanidine groups is 1. The molecule has 2 aromatic rings. The average molecular weight is 368 g/mol. The third kappa shape index (κ3) is 5.65. The molecule has 0 unspecified atom stereocenters. The predicted octanol–water partition coefficient (Wildman–Crippen LogP) is 1.50. The van der Waals surface area contributed by atoms with Gasteiger partial charge in [-0.25, -0.2) is 0 Å². The topological polar surface area (TPSA) is 131 Å². The first kappa shape index (κ1) is 20.1. The number of aliphatic carboxylic acids is 1. The van der Waals surface area contributed by atoms with Gasteiger partial charge in [-0.15, -0.1) is 0 Å². The first-order valence-corrected chi connectivity index (χ1v) is 8.52. The van der Waals surface area contributed by atoms with Crippen LogP contribution >= 0.6 is 0 Å². The molecule has 0 heterocycles. The summed E-state index contributed by atoms with van der Waals surface area (Å²) in [4.78, 5) is 26.8. The molecular formula is C20H24N4O3. The van der Waals surface area contributed by atoms with Crippen LogP contribution in [0.2, 0.25) is 0 Å². The minimum Gasteiger partial charge on any atom is -0.480 e. The van der Waals surface area contributed by atoms with E-state index in [1.54, 1.807) is 24.3 Å². The number of carboxylic acid groups (broad SMARTS) is 1. The highest BCUT2D eigenvalue weighted by atomic mass is 16.4. The maximum atomic E-state index is 12.2. The Morgan fingerprint density at radius 3 is 2.44 bits per heavy atom. The van der Waals surface area contributed by atoms with Gasteiger partial charge in [0.1, 0.15) is 6.04 Å². The fourth-order valence-corrected chi connectivity index (χ4v) is 2.53. The molecule has 142 valence electrons. The Labute approximate surface area is 158 Å². The number of aryl methyl sites for hydroxylation is 1. The van der Waals surface area contributed by atoms with Crippen LogP contribution in [0.1, 0.15) is 32.6 Å². The van der Waals surface area contributed by atoms with Crippen molar-refractivity contribution < 1.29 is 14.7 Å². The summed E-state index contributed by atoms with van der Waals surface area (Å²) in [6.45, 7) is 4.54. The summed E-state index contributed by atoms with van der Waals surface area (Å²) < 4.78 is 0. The summed E-state index contributed by atoms with van der Waals surface area (Å²) in [5.41, 5.74) is 15.8. The molecule has 0 aliphatic carbocycles. The van der Waals surface area contributed by atoms with E-state index in [1.165, 1.54) is 11.1 Å². The average Bonchev–Trinajstić information content (AvgIpc) is 2.63. The number of nitrogens with one attached hydrogen (secondary N) is 1. The lowest BCUT2D eigenvalue weighted by atomic mass is 10.0. The quantitative estimate of drug-likeness (QED) is 0.451. The number of carbonyl (C=O) groups excluding carboxylic acids is 1. The summed E-state index contributed by atoms with van der Waals surface area (Å²) in [5.74, 6) is -1.50. The van der Waals surface area contributed by atoms with Crippen LogP contribution in [0.5, 0.6) is 0 Å². The molecule has 6 N–H and O–H groups in total.